The normalized spacial score (nSPS) is 12.8. The molecule has 0 radical (unpaired) electrons. The molecule has 0 aliphatic rings. The van der Waals surface area contributed by atoms with E-state index in [1.807, 2.05) is 11.7 Å². The van der Waals surface area contributed by atoms with Crippen LogP contribution >= 0.6 is 11.3 Å². The Balaban J connectivity index is 2.26. The van der Waals surface area contributed by atoms with Crippen LogP contribution in [0.1, 0.15) is 57.2 Å². The van der Waals surface area contributed by atoms with E-state index in [0.29, 0.717) is 6.04 Å². The fourth-order valence-corrected chi connectivity index (χ4v) is 2.70. The Morgan fingerprint density at radius 3 is 2.76 bits per heavy atom. The molecule has 0 saturated heterocycles. The molecule has 1 heterocycles. The molecule has 0 aromatic carbocycles. The largest absolute Gasteiger partial charge is 0.314 e. The van der Waals surface area contributed by atoms with Crippen LogP contribution in [0.15, 0.2) is 11.7 Å². The molecule has 0 spiro atoms. The standard InChI is InChI=1S/C14H26N2S/c1-3-5-6-7-8-13(16-9-4-2)10-14-11-15-12-17-14/h11-13,16H,3-10H2,1-2H3. The van der Waals surface area contributed by atoms with E-state index in [2.05, 4.69) is 24.1 Å². The van der Waals surface area contributed by atoms with E-state index in [9.17, 15) is 0 Å². The number of thiazole rings is 1. The van der Waals surface area contributed by atoms with Crippen LogP contribution in [0.5, 0.6) is 0 Å². The molecule has 2 nitrogen and oxygen atoms in total. The number of rotatable bonds is 10. The van der Waals surface area contributed by atoms with Crippen LogP contribution in [0.2, 0.25) is 0 Å². The zero-order valence-corrected chi connectivity index (χ0v) is 12.1. The smallest absolute Gasteiger partial charge is 0.0794 e. The van der Waals surface area contributed by atoms with Crippen molar-refractivity contribution in [3.63, 3.8) is 0 Å². The Hall–Kier alpha value is -0.410. The second-order valence-corrected chi connectivity index (χ2v) is 5.64. The van der Waals surface area contributed by atoms with E-state index in [1.54, 1.807) is 11.3 Å². The van der Waals surface area contributed by atoms with Crippen molar-refractivity contribution in [3.05, 3.63) is 16.6 Å². The van der Waals surface area contributed by atoms with Gasteiger partial charge in [0.1, 0.15) is 0 Å². The Labute approximate surface area is 110 Å². The highest BCUT2D eigenvalue weighted by atomic mass is 32.1. The molecule has 0 fully saturated rings. The summed E-state index contributed by atoms with van der Waals surface area (Å²) in [6, 6.07) is 0.646. The van der Waals surface area contributed by atoms with Gasteiger partial charge in [0.25, 0.3) is 0 Å². The lowest BCUT2D eigenvalue weighted by atomic mass is 10.0. The summed E-state index contributed by atoms with van der Waals surface area (Å²) in [7, 11) is 0. The van der Waals surface area contributed by atoms with Gasteiger partial charge in [0.2, 0.25) is 0 Å². The highest BCUT2D eigenvalue weighted by Gasteiger charge is 2.09. The lowest BCUT2D eigenvalue weighted by Crippen LogP contribution is -2.31. The first-order chi connectivity index (χ1) is 8.36. The fraction of sp³-hybridized carbons (Fsp3) is 0.786. The second-order valence-electron chi connectivity index (χ2n) is 4.67. The Kier molecular flexibility index (Phi) is 8.28. The van der Waals surface area contributed by atoms with E-state index in [1.165, 1.54) is 43.4 Å². The molecule has 3 heteroatoms. The summed E-state index contributed by atoms with van der Waals surface area (Å²) in [5.41, 5.74) is 1.93. The Morgan fingerprint density at radius 2 is 2.12 bits per heavy atom. The van der Waals surface area contributed by atoms with Crippen LogP contribution < -0.4 is 5.32 Å². The van der Waals surface area contributed by atoms with Crippen LogP contribution in [0.3, 0.4) is 0 Å². The maximum Gasteiger partial charge on any atom is 0.0794 e. The highest BCUT2D eigenvalue weighted by Crippen LogP contribution is 2.13. The van der Waals surface area contributed by atoms with Gasteiger partial charge in [-0.3, -0.25) is 4.98 Å². The molecule has 1 N–H and O–H groups in total. The van der Waals surface area contributed by atoms with Crippen molar-refractivity contribution in [2.45, 2.75) is 64.8 Å². The predicted octanol–water partition coefficient (Wildman–Crippen LogP) is 4.02. The Morgan fingerprint density at radius 1 is 1.24 bits per heavy atom. The van der Waals surface area contributed by atoms with E-state index >= 15 is 0 Å². The summed E-state index contributed by atoms with van der Waals surface area (Å²) in [5, 5.41) is 3.66. The van der Waals surface area contributed by atoms with Gasteiger partial charge in [-0.05, 0) is 25.8 Å². The van der Waals surface area contributed by atoms with Crippen molar-refractivity contribution in [2.24, 2.45) is 0 Å². The third kappa shape index (κ3) is 6.79. The molecule has 1 unspecified atom stereocenters. The van der Waals surface area contributed by atoms with Crippen LogP contribution in [-0.4, -0.2) is 17.6 Å². The molecular weight excluding hydrogens is 228 g/mol. The Bertz CT molecular complexity index is 259. The van der Waals surface area contributed by atoms with Crippen molar-refractivity contribution < 1.29 is 0 Å². The van der Waals surface area contributed by atoms with Gasteiger partial charge in [-0.1, -0.05) is 39.5 Å². The highest BCUT2D eigenvalue weighted by molar-refractivity contribution is 7.09. The quantitative estimate of drug-likeness (QED) is 0.638. The van der Waals surface area contributed by atoms with Crippen LogP contribution in [0, 0.1) is 0 Å². The molecule has 98 valence electrons. The first kappa shape index (κ1) is 14.7. The number of hydrogen-bond donors (Lipinski definition) is 1. The van der Waals surface area contributed by atoms with Gasteiger partial charge in [0.05, 0.1) is 5.51 Å². The number of aromatic nitrogens is 1. The SMILES string of the molecule is CCCCCCC(Cc1cncs1)NCCC. The van der Waals surface area contributed by atoms with E-state index in [-0.39, 0.29) is 0 Å². The minimum atomic E-state index is 0.646. The molecule has 0 aliphatic heterocycles. The zero-order chi connectivity index (χ0) is 12.3. The molecule has 0 amide bonds. The van der Waals surface area contributed by atoms with E-state index in [0.717, 1.165) is 13.0 Å². The average molecular weight is 254 g/mol. The van der Waals surface area contributed by atoms with E-state index in [4.69, 9.17) is 0 Å². The lowest BCUT2D eigenvalue weighted by Gasteiger charge is -2.17. The molecule has 0 saturated carbocycles. The third-order valence-electron chi connectivity index (χ3n) is 3.02. The summed E-state index contributed by atoms with van der Waals surface area (Å²) >= 11 is 1.78. The summed E-state index contributed by atoms with van der Waals surface area (Å²) in [6.45, 7) is 5.63. The maximum atomic E-state index is 4.16. The van der Waals surface area contributed by atoms with Crippen molar-refractivity contribution in [1.29, 1.82) is 0 Å². The van der Waals surface area contributed by atoms with Gasteiger partial charge in [-0.25, -0.2) is 0 Å². The molecule has 1 aromatic rings. The topological polar surface area (TPSA) is 24.9 Å². The van der Waals surface area contributed by atoms with Gasteiger partial charge in [0, 0.05) is 17.1 Å². The summed E-state index contributed by atoms with van der Waals surface area (Å²) < 4.78 is 0. The third-order valence-corrected chi connectivity index (χ3v) is 3.82. The second kappa shape index (κ2) is 9.60. The molecule has 0 bridgehead atoms. The predicted molar refractivity (Wildman–Crippen MR) is 76.7 cm³/mol. The number of unbranched alkanes of at least 4 members (excludes halogenated alkanes) is 3. The van der Waals surface area contributed by atoms with Crippen molar-refractivity contribution in [2.75, 3.05) is 6.54 Å². The van der Waals surface area contributed by atoms with Gasteiger partial charge < -0.3 is 5.32 Å². The number of nitrogens with zero attached hydrogens (tertiary/aromatic N) is 1. The fourth-order valence-electron chi connectivity index (χ4n) is 2.03. The van der Waals surface area contributed by atoms with Gasteiger partial charge >= 0.3 is 0 Å². The first-order valence-electron chi connectivity index (χ1n) is 6.97. The number of nitrogens with one attached hydrogen (secondary N) is 1. The minimum absolute atomic E-state index is 0.646. The summed E-state index contributed by atoms with van der Waals surface area (Å²) in [4.78, 5) is 5.57. The van der Waals surface area contributed by atoms with Crippen LogP contribution in [-0.2, 0) is 6.42 Å². The van der Waals surface area contributed by atoms with Crippen molar-refractivity contribution in [3.8, 4) is 0 Å². The molecule has 1 atom stereocenters. The monoisotopic (exact) mass is 254 g/mol. The van der Waals surface area contributed by atoms with Gasteiger partial charge in [-0.2, -0.15) is 0 Å². The summed E-state index contributed by atoms with van der Waals surface area (Å²) in [6.07, 6.45) is 11.1. The van der Waals surface area contributed by atoms with E-state index < -0.39 is 0 Å². The molecule has 17 heavy (non-hydrogen) atoms. The average Bonchev–Trinajstić information content (AvgIpc) is 2.84. The molecule has 1 rings (SSSR count). The maximum absolute atomic E-state index is 4.16. The summed E-state index contributed by atoms with van der Waals surface area (Å²) in [5.74, 6) is 0. The van der Waals surface area contributed by atoms with Gasteiger partial charge in [-0.15, -0.1) is 11.3 Å². The number of hydrogen-bond acceptors (Lipinski definition) is 3. The molecular formula is C14H26N2S. The minimum Gasteiger partial charge on any atom is -0.314 e. The van der Waals surface area contributed by atoms with Gasteiger partial charge in [0.15, 0.2) is 0 Å². The van der Waals surface area contributed by atoms with Crippen molar-refractivity contribution in [1.82, 2.24) is 10.3 Å². The first-order valence-corrected chi connectivity index (χ1v) is 7.85. The van der Waals surface area contributed by atoms with Crippen molar-refractivity contribution >= 4 is 11.3 Å². The molecule has 1 aromatic heterocycles. The van der Waals surface area contributed by atoms with Crippen LogP contribution in [0.4, 0.5) is 0 Å². The lowest BCUT2D eigenvalue weighted by molar-refractivity contribution is 0.455. The van der Waals surface area contributed by atoms with Crippen LogP contribution in [0.25, 0.3) is 0 Å². The zero-order valence-electron chi connectivity index (χ0n) is 11.2. The molecule has 0 aliphatic carbocycles.